The summed E-state index contributed by atoms with van der Waals surface area (Å²) < 4.78 is 0. The zero-order valence-corrected chi connectivity index (χ0v) is 13.4. The molecule has 4 bridgehead atoms. The standard InChI is InChI=1S/C17H27NO3/c1-4-18(16(2,3)15(20)21)14(19)17-8-11-5-12(9-17)7-13(6-11)10-17/h11-13H,4-10H2,1-3H3,(H,20,21). The van der Waals surface area contributed by atoms with Crippen molar-refractivity contribution in [2.45, 2.75) is 64.8 Å². The van der Waals surface area contributed by atoms with E-state index >= 15 is 0 Å². The van der Waals surface area contributed by atoms with E-state index in [1.54, 1.807) is 18.7 Å². The van der Waals surface area contributed by atoms with Crippen LogP contribution in [0, 0.1) is 23.2 Å². The van der Waals surface area contributed by atoms with E-state index in [4.69, 9.17) is 0 Å². The van der Waals surface area contributed by atoms with E-state index in [1.807, 2.05) is 6.92 Å². The maximum atomic E-state index is 13.2. The predicted octanol–water partition coefficient (Wildman–Crippen LogP) is 2.91. The third-order valence-electron chi connectivity index (χ3n) is 6.25. The summed E-state index contributed by atoms with van der Waals surface area (Å²) in [6.45, 7) is 5.66. The van der Waals surface area contributed by atoms with Crippen molar-refractivity contribution in [2.24, 2.45) is 23.2 Å². The number of carboxylic acids is 1. The summed E-state index contributed by atoms with van der Waals surface area (Å²) in [4.78, 5) is 26.4. The largest absolute Gasteiger partial charge is 0.480 e. The van der Waals surface area contributed by atoms with Crippen LogP contribution in [0.2, 0.25) is 0 Å². The van der Waals surface area contributed by atoms with Gasteiger partial charge in [-0.1, -0.05) is 0 Å². The maximum Gasteiger partial charge on any atom is 0.329 e. The minimum absolute atomic E-state index is 0.108. The van der Waals surface area contributed by atoms with Crippen LogP contribution >= 0.6 is 0 Å². The molecular formula is C17H27NO3. The van der Waals surface area contributed by atoms with Crippen molar-refractivity contribution in [1.29, 1.82) is 0 Å². The fourth-order valence-corrected chi connectivity index (χ4v) is 5.57. The van der Waals surface area contributed by atoms with Crippen LogP contribution in [0.4, 0.5) is 0 Å². The predicted molar refractivity (Wildman–Crippen MR) is 79.7 cm³/mol. The smallest absolute Gasteiger partial charge is 0.329 e. The highest BCUT2D eigenvalue weighted by atomic mass is 16.4. The summed E-state index contributed by atoms with van der Waals surface area (Å²) in [7, 11) is 0. The van der Waals surface area contributed by atoms with Crippen LogP contribution in [0.3, 0.4) is 0 Å². The van der Waals surface area contributed by atoms with E-state index in [-0.39, 0.29) is 11.3 Å². The zero-order chi connectivity index (χ0) is 15.4. The molecule has 4 rings (SSSR count). The molecule has 0 heterocycles. The fraction of sp³-hybridized carbons (Fsp3) is 0.882. The van der Waals surface area contributed by atoms with Crippen LogP contribution < -0.4 is 0 Å². The molecule has 0 unspecified atom stereocenters. The minimum Gasteiger partial charge on any atom is -0.480 e. The Balaban J connectivity index is 1.88. The Morgan fingerprint density at radius 3 is 1.86 bits per heavy atom. The Bertz CT molecular complexity index is 433. The lowest BCUT2D eigenvalue weighted by Crippen LogP contribution is -2.61. The van der Waals surface area contributed by atoms with E-state index in [1.165, 1.54) is 19.3 Å². The average Bonchev–Trinajstić information content (AvgIpc) is 2.37. The number of hydrogen-bond acceptors (Lipinski definition) is 2. The molecule has 118 valence electrons. The van der Waals surface area contributed by atoms with Crippen molar-refractivity contribution in [3.05, 3.63) is 0 Å². The van der Waals surface area contributed by atoms with Crippen LogP contribution in [0.15, 0.2) is 0 Å². The SMILES string of the molecule is CCN(C(=O)C12CC3CC(CC(C3)C1)C2)C(C)(C)C(=O)O. The molecule has 1 N–H and O–H groups in total. The summed E-state index contributed by atoms with van der Waals surface area (Å²) >= 11 is 0. The Kier molecular flexibility index (Phi) is 3.34. The van der Waals surface area contributed by atoms with Gasteiger partial charge in [-0.05, 0) is 77.0 Å². The molecule has 0 aromatic carbocycles. The molecule has 0 spiro atoms. The van der Waals surface area contributed by atoms with Crippen molar-refractivity contribution in [2.75, 3.05) is 6.54 Å². The van der Waals surface area contributed by atoms with Crippen molar-refractivity contribution in [3.8, 4) is 0 Å². The van der Waals surface area contributed by atoms with Gasteiger partial charge in [-0.2, -0.15) is 0 Å². The Morgan fingerprint density at radius 2 is 1.52 bits per heavy atom. The highest BCUT2D eigenvalue weighted by Gasteiger charge is 2.57. The van der Waals surface area contributed by atoms with Crippen molar-refractivity contribution < 1.29 is 14.7 Å². The van der Waals surface area contributed by atoms with E-state index in [0.29, 0.717) is 24.3 Å². The van der Waals surface area contributed by atoms with E-state index < -0.39 is 11.5 Å². The number of aliphatic carboxylic acids is 1. The topological polar surface area (TPSA) is 57.6 Å². The maximum absolute atomic E-state index is 13.2. The molecule has 4 aliphatic carbocycles. The average molecular weight is 293 g/mol. The molecule has 0 saturated heterocycles. The first-order valence-corrected chi connectivity index (χ1v) is 8.34. The number of amides is 1. The molecular weight excluding hydrogens is 266 g/mol. The molecule has 4 aliphatic rings. The fourth-order valence-electron chi connectivity index (χ4n) is 5.57. The van der Waals surface area contributed by atoms with Gasteiger partial charge in [-0.15, -0.1) is 0 Å². The quantitative estimate of drug-likeness (QED) is 0.867. The molecule has 0 aromatic rings. The number of carbonyl (C=O) groups is 2. The van der Waals surface area contributed by atoms with Crippen LogP contribution in [-0.2, 0) is 9.59 Å². The first-order chi connectivity index (χ1) is 9.78. The first kappa shape index (κ1) is 14.9. The van der Waals surface area contributed by atoms with Crippen LogP contribution in [0.5, 0.6) is 0 Å². The molecule has 4 heteroatoms. The molecule has 0 radical (unpaired) electrons. The number of carbonyl (C=O) groups excluding carboxylic acids is 1. The Hall–Kier alpha value is -1.06. The van der Waals surface area contributed by atoms with Crippen LogP contribution in [0.1, 0.15) is 59.3 Å². The molecule has 4 nitrogen and oxygen atoms in total. The second-order valence-corrected chi connectivity index (χ2v) is 8.11. The van der Waals surface area contributed by atoms with Gasteiger partial charge in [0, 0.05) is 6.54 Å². The van der Waals surface area contributed by atoms with Gasteiger partial charge in [0.25, 0.3) is 0 Å². The lowest BCUT2D eigenvalue weighted by atomic mass is 9.49. The van der Waals surface area contributed by atoms with Crippen LogP contribution in [0.25, 0.3) is 0 Å². The number of carboxylic acid groups (broad SMARTS) is 1. The summed E-state index contributed by atoms with van der Waals surface area (Å²) in [5.74, 6) is 1.30. The molecule has 21 heavy (non-hydrogen) atoms. The molecule has 0 atom stereocenters. The van der Waals surface area contributed by atoms with E-state index in [0.717, 1.165) is 19.3 Å². The number of rotatable bonds is 4. The van der Waals surface area contributed by atoms with Crippen LogP contribution in [-0.4, -0.2) is 34.0 Å². The number of hydrogen-bond donors (Lipinski definition) is 1. The number of likely N-dealkylation sites (N-methyl/N-ethyl adjacent to an activating group) is 1. The number of nitrogens with zero attached hydrogens (tertiary/aromatic N) is 1. The lowest BCUT2D eigenvalue weighted by Gasteiger charge is -2.57. The molecule has 4 fully saturated rings. The van der Waals surface area contributed by atoms with Gasteiger partial charge in [0.05, 0.1) is 5.41 Å². The summed E-state index contributed by atoms with van der Waals surface area (Å²) in [5, 5.41) is 9.48. The van der Waals surface area contributed by atoms with Gasteiger partial charge < -0.3 is 10.0 Å². The summed E-state index contributed by atoms with van der Waals surface area (Å²) in [6, 6.07) is 0. The van der Waals surface area contributed by atoms with Gasteiger partial charge in [-0.25, -0.2) is 4.79 Å². The van der Waals surface area contributed by atoms with Gasteiger partial charge in [-0.3, -0.25) is 4.79 Å². The van der Waals surface area contributed by atoms with Gasteiger partial charge >= 0.3 is 5.97 Å². The van der Waals surface area contributed by atoms with Crippen molar-refractivity contribution in [1.82, 2.24) is 4.90 Å². The lowest BCUT2D eigenvalue weighted by molar-refractivity contribution is -0.170. The normalized spacial score (nSPS) is 37.6. The Labute approximate surface area is 126 Å². The first-order valence-electron chi connectivity index (χ1n) is 8.34. The molecule has 0 aliphatic heterocycles. The summed E-state index contributed by atoms with van der Waals surface area (Å²) in [5.41, 5.74) is -1.37. The minimum atomic E-state index is -1.12. The van der Waals surface area contributed by atoms with E-state index in [2.05, 4.69) is 0 Å². The molecule has 0 aromatic heterocycles. The molecule has 4 saturated carbocycles. The highest BCUT2D eigenvalue weighted by molar-refractivity contribution is 5.90. The Morgan fingerprint density at radius 1 is 1.10 bits per heavy atom. The van der Waals surface area contributed by atoms with Gasteiger partial charge in [0.15, 0.2) is 0 Å². The van der Waals surface area contributed by atoms with Gasteiger partial charge in [0.2, 0.25) is 5.91 Å². The monoisotopic (exact) mass is 293 g/mol. The van der Waals surface area contributed by atoms with E-state index in [9.17, 15) is 14.7 Å². The zero-order valence-electron chi connectivity index (χ0n) is 13.4. The molecule has 1 amide bonds. The highest BCUT2D eigenvalue weighted by Crippen LogP contribution is 2.60. The third-order valence-corrected chi connectivity index (χ3v) is 6.25. The third kappa shape index (κ3) is 2.18. The second kappa shape index (κ2) is 4.72. The summed E-state index contributed by atoms with van der Waals surface area (Å²) in [6.07, 6.45) is 6.85. The second-order valence-electron chi connectivity index (χ2n) is 8.11. The van der Waals surface area contributed by atoms with Gasteiger partial charge in [0.1, 0.15) is 5.54 Å². The van der Waals surface area contributed by atoms with Crippen molar-refractivity contribution in [3.63, 3.8) is 0 Å². The van der Waals surface area contributed by atoms with Crippen molar-refractivity contribution >= 4 is 11.9 Å².